The molecule has 1 aromatic carbocycles. The van der Waals surface area contributed by atoms with Crippen molar-refractivity contribution in [3.63, 3.8) is 0 Å². The monoisotopic (exact) mass is 359 g/mol. The molecular weight excluding hydrogens is 342 g/mol. The van der Waals surface area contributed by atoms with Gasteiger partial charge in [0.1, 0.15) is 0 Å². The summed E-state index contributed by atoms with van der Waals surface area (Å²) in [5, 5.41) is 12.0. The number of hydrogen-bond acceptors (Lipinski definition) is 5. The zero-order chi connectivity index (χ0) is 17.8. The van der Waals surface area contributed by atoms with Crippen molar-refractivity contribution in [2.75, 3.05) is 11.1 Å². The Bertz CT molecular complexity index is 861. The van der Waals surface area contributed by atoms with Crippen molar-refractivity contribution in [1.82, 2.24) is 9.97 Å². The predicted octanol–water partition coefficient (Wildman–Crippen LogP) is 2.08. The molecule has 0 fully saturated rings. The predicted molar refractivity (Wildman–Crippen MR) is 94.3 cm³/mol. The standard InChI is InChI=1S/C17H17N3O4S/c21-14(18-11-7-5-10(6-8-11)16(23)24)9-25-17-19-13-4-2-1-3-12(13)15(22)20-17/h5-8H,1-4,9H2,(H,18,21)(H,23,24)(H,19,20,22). The second kappa shape index (κ2) is 7.52. The summed E-state index contributed by atoms with van der Waals surface area (Å²) < 4.78 is 0. The lowest BCUT2D eigenvalue weighted by Crippen LogP contribution is -2.22. The number of benzene rings is 1. The van der Waals surface area contributed by atoms with Crippen LogP contribution in [0.3, 0.4) is 0 Å². The first-order chi connectivity index (χ1) is 12.0. The quantitative estimate of drug-likeness (QED) is 0.557. The molecule has 1 aliphatic rings. The number of carboxylic acid groups (broad SMARTS) is 1. The Morgan fingerprint density at radius 2 is 1.92 bits per heavy atom. The van der Waals surface area contributed by atoms with Crippen molar-refractivity contribution in [1.29, 1.82) is 0 Å². The highest BCUT2D eigenvalue weighted by Crippen LogP contribution is 2.19. The van der Waals surface area contributed by atoms with Crippen molar-refractivity contribution in [3.8, 4) is 0 Å². The molecule has 1 amide bonds. The number of aromatic nitrogens is 2. The minimum absolute atomic E-state index is 0.0996. The van der Waals surface area contributed by atoms with Gasteiger partial charge in [-0.2, -0.15) is 0 Å². The molecule has 3 rings (SSSR count). The zero-order valence-electron chi connectivity index (χ0n) is 13.4. The van der Waals surface area contributed by atoms with Crippen LogP contribution in [0.5, 0.6) is 0 Å². The number of aromatic carboxylic acids is 1. The first-order valence-electron chi connectivity index (χ1n) is 7.91. The maximum absolute atomic E-state index is 12.0. The van der Waals surface area contributed by atoms with E-state index in [1.165, 1.54) is 36.0 Å². The Morgan fingerprint density at radius 3 is 2.64 bits per heavy atom. The maximum Gasteiger partial charge on any atom is 0.335 e. The molecule has 1 aliphatic carbocycles. The van der Waals surface area contributed by atoms with Crippen LogP contribution in [0, 0.1) is 0 Å². The number of thioether (sulfide) groups is 1. The fourth-order valence-electron chi connectivity index (χ4n) is 2.68. The van der Waals surface area contributed by atoms with Gasteiger partial charge in [-0.05, 0) is 49.9 Å². The van der Waals surface area contributed by atoms with Crippen LogP contribution in [0.2, 0.25) is 0 Å². The van der Waals surface area contributed by atoms with Crippen molar-refractivity contribution in [2.45, 2.75) is 30.8 Å². The van der Waals surface area contributed by atoms with Crippen LogP contribution in [-0.4, -0.2) is 32.7 Å². The molecule has 1 aromatic heterocycles. The number of anilines is 1. The van der Waals surface area contributed by atoms with E-state index in [0.29, 0.717) is 10.8 Å². The number of nitrogens with one attached hydrogen (secondary N) is 2. The third kappa shape index (κ3) is 4.27. The Hall–Kier alpha value is -2.61. The summed E-state index contributed by atoms with van der Waals surface area (Å²) in [5.41, 5.74) is 2.16. The van der Waals surface area contributed by atoms with Crippen LogP contribution >= 0.6 is 11.8 Å². The Balaban J connectivity index is 1.60. The van der Waals surface area contributed by atoms with E-state index < -0.39 is 5.97 Å². The summed E-state index contributed by atoms with van der Waals surface area (Å²) in [7, 11) is 0. The normalized spacial score (nSPS) is 13.1. The van der Waals surface area contributed by atoms with Crippen molar-refractivity contribution < 1.29 is 14.7 Å². The van der Waals surface area contributed by atoms with Gasteiger partial charge in [0.05, 0.1) is 17.0 Å². The molecule has 25 heavy (non-hydrogen) atoms. The van der Waals surface area contributed by atoms with Gasteiger partial charge in [-0.15, -0.1) is 0 Å². The molecule has 0 unspecified atom stereocenters. The van der Waals surface area contributed by atoms with Crippen molar-refractivity contribution >= 4 is 29.3 Å². The van der Waals surface area contributed by atoms with Crippen molar-refractivity contribution in [3.05, 3.63) is 51.4 Å². The minimum atomic E-state index is -1.02. The fraction of sp³-hybridized carbons (Fsp3) is 0.294. The molecule has 0 bridgehead atoms. The number of amides is 1. The molecule has 0 atom stereocenters. The van der Waals surface area contributed by atoms with Crippen LogP contribution in [0.1, 0.15) is 34.5 Å². The van der Waals surface area contributed by atoms with Crippen LogP contribution in [-0.2, 0) is 17.6 Å². The maximum atomic E-state index is 12.0. The topological polar surface area (TPSA) is 112 Å². The molecule has 2 aromatic rings. The smallest absolute Gasteiger partial charge is 0.335 e. The Kier molecular flexibility index (Phi) is 5.18. The van der Waals surface area contributed by atoms with E-state index in [-0.39, 0.29) is 22.8 Å². The molecular formula is C17H17N3O4S. The number of carbonyl (C=O) groups is 2. The second-order valence-electron chi connectivity index (χ2n) is 5.72. The average molecular weight is 359 g/mol. The Labute approximate surface area is 147 Å². The summed E-state index contributed by atoms with van der Waals surface area (Å²) in [6.45, 7) is 0. The van der Waals surface area contributed by atoms with Crippen LogP contribution in [0.15, 0.2) is 34.2 Å². The third-order valence-corrected chi connectivity index (χ3v) is 4.80. The Morgan fingerprint density at radius 1 is 1.20 bits per heavy atom. The molecule has 0 spiro atoms. The highest BCUT2D eigenvalue weighted by atomic mass is 32.2. The van der Waals surface area contributed by atoms with E-state index >= 15 is 0 Å². The molecule has 0 saturated heterocycles. The fourth-order valence-corrected chi connectivity index (χ4v) is 3.36. The van der Waals surface area contributed by atoms with Crippen LogP contribution in [0.4, 0.5) is 5.69 Å². The molecule has 8 heteroatoms. The van der Waals surface area contributed by atoms with Gasteiger partial charge in [-0.1, -0.05) is 11.8 Å². The number of hydrogen-bond donors (Lipinski definition) is 3. The number of carboxylic acids is 1. The lowest BCUT2D eigenvalue weighted by Gasteiger charge is -2.14. The van der Waals surface area contributed by atoms with E-state index in [2.05, 4.69) is 15.3 Å². The van der Waals surface area contributed by atoms with Crippen LogP contribution in [0.25, 0.3) is 0 Å². The lowest BCUT2D eigenvalue weighted by molar-refractivity contribution is -0.113. The van der Waals surface area contributed by atoms with Gasteiger partial charge in [0.25, 0.3) is 5.56 Å². The minimum Gasteiger partial charge on any atom is -0.478 e. The number of aryl methyl sites for hydroxylation is 1. The number of rotatable bonds is 5. The van der Waals surface area contributed by atoms with E-state index in [9.17, 15) is 14.4 Å². The van der Waals surface area contributed by atoms with Gasteiger partial charge in [0.15, 0.2) is 5.16 Å². The van der Waals surface area contributed by atoms with Gasteiger partial charge in [0, 0.05) is 11.3 Å². The number of nitrogens with zero attached hydrogens (tertiary/aromatic N) is 1. The van der Waals surface area contributed by atoms with E-state index in [1.807, 2.05) is 0 Å². The van der Waals surface area contributed by atoms with Gasteiger partial charge >= 0.3 is 5.97 Å². The van der Waals surface area contributed by atoms with Crippen LogP contribution < -0.4 is 10.9 Å². The molecule has 130 valence electrons. The highest BCUT2D eigenvalue weighted by Gasteiger charge is 2.16. The first kappa shape index (κ1) is 17.2. The summed E-state index contributed by atoms with van der Waals surface area (Å²) in [5.74, 6) is -1.17. The van der Waals surface area contributed by atoms with Gasteiger partial charge < -0.3 is 15.4 Å². The van der Waals surface area contributed by atoms with E-state index in [1.54, 1.807) is 0 Å². The summed E-state index contributed by atoms with van der Waals surface area (Å²) >= 11 is 1.17. The van der Waals surface area contributed by atoms with Gasteiger partial charge in [0.2, 0.25) is 5.91 Å². The number of H-pyrrole nitrogens is 1. The van der Waals surface area contributed by atoms with E-state index in [0.717, 1.165) is 36.9 Å². The molecule has 0 radical (unpaired) electrons. The molecule has 1 heterocycles. The number of fused-ring (bicyclic) bond motifs is 1. The average Bonchev–Trinajstić information content (AvgIpc) is 2.60. The van der Waals surface area contributed by atoms with E-state index in [4.69, 9.17) is 5.11 Å². The summed E-state index contributed by atoms with van der Waals surface area (Å²) in [6, 6.07) is 5.91. The molecule has 0 aliphatic heterocycles. The molecule has 0 saturated carbocycles. The lowest BCUT2D eigenvalue weighted by atomic mass is 9.97. The highest BCUT2D eigenvalue weighted by molar-refractivity contribution is 7.99. The van der Waals surface area contributed by atoms with Crippen molar-refractivity contribution in [2.24, 2.45) is 0 Å². The molecule has 3 N–H and O–H groups in total. The number of carbonyl (C=O) groups excluding carboxylic acids is 1. The summed E-state index contributed by atoms with van der Waals surface area (Å²) in [6.07, 6.45) is 3.60. The third-order valence-electron chi connectivity index (χ3n) is 3.93. The van der Waals surface area contributed by atoms with Gasteiger partial charge in [-0.25, -0.2) is 9.78 Å². The van der Waals surface area contributed by atoms with Gasteiger partial charge in [-0.3, -0.25) is 9.59 Å². The second-order valence-corrected chi connectivity index (χ2v) is 6.69. The first-order valence-corrected chi connectivity index (χ1v) is 8.89. The molecule has 7 nitrogen and oxygen atoms in total. The largest absolute Gasteiger partial charge is 0.478 e. The summed E-state index contributed by atoms with van der Waals surface area (Å²) in [4.78, 5) is 42.0. The zero-order valence-corrected chi connectivity index (χ0v) is 14.2. The number of aromatic amines is 1. The SMILES string of the molecule is O=C(CSc1nc2c(c(=O)[nH]1)CCCC2)Nc1ccc(C(=O)O)cc1.